The van der Waals surface area contributed by atoms with Gasteiger partial charge in [-0.2, -0.15) is 10.5 Å². The minimum Gasteiger partial charge on any atom is -0.192 e. The molecule has 0 radical (unpaired) electrons. The Hall–Kier alpha value is -1.14. The lowest BCUT2D eigenvalue weighted by Crippen LogP contribution is -1.77. The van der Waals surface area contributed by atoms with Gasteiger partial charge in [-0.25, -0.2) is 0 Å². The fourth-order valence-corrected chi connectivity index (χ4v) is 3.87. The van der Waals surface area contributed by atoms with Crippen molar-refractivity contribution in [1.82, 2.24) is 0 Å². The van der Waals surface area contributed by atoms with E-state index in [4.69, 9.17) is 10.5 Å². The Labute approximate surface area is 116 Å². The van der Waals surface area contributed by atoms with E-state index >= 15 is 0 Å². The standard InChI is InChI=1S/C12H5BrN2S2/c13-10-3-1-8(2-4-10)11-5-12(17-16-11)9(6-14)7-15/h1-5H. The van der Waals surface area contributed by atoms with Crippen LogP contribution in [0.2, 0.25) is 0 Å². The molecule has 5 heteroatoms. The molecule has 1 aromatic rings. The van der Waals surface area contributed by atoms with Crippen LogP contribution in [0.1, 0.15) is 5.56 Å². The number of nitriles is 2. The normalized spacial score (nSPS) is 13.8. The number of halogens is 1. The summed E-state index contributed by atoms with van der Waals surface area (Å²) in [6, 6.07) is 11.8. The van der Waals surface area contributed by atoms with Gasteiger partial charge >= 0.3 is 0 Å². The van der Waals surface area contributed by atoms with E-state index in [1.54, 1.807) is 10.8 Å². The molecule has 2 nitrogen and oxygen atoms in total. The molecule has 0 N–H and O–H groups in total. The van der Waals surface area contributed by atoms with Crippen molar-refractivity contribution in [1.29, 1.82) is 10.5 Å². The molecule has 1 aliphatic heterocycles. The quantitative estimate of drug-likeness (QED) is 0.565. The van der Waals surface area contributed by atoms with Gasteiger partial charge in [-0.05, 0) is 23.8 Å². The second-order valence-electron chi connectivity index (χ2n) is 3.15. The lowest BCUT2D eigenvalue weighted by atomic mass is 10.2. The highest BCUT2D eigenvalue weighted by atomic mass is 79.9. The summed E-state index contributed by atoms with van der Waals surface area (Å²) in [5.74, 6) is 0. The van der Waals surface area contributed by atoms with E-state index in [-0.39, 0.29) is 5.57 Å². The lowest BCUT2D eigenvalue weighted by molar-refractivity contribution is 1.46. The van der Waals surface area contributed by atoms with Gasteiger partial charge in [0, 0.05) is 14.3 Å². The summed E-state index contributed by atoms with van der Waals surface area (Å²) in [6.45, 7) is 0. The molecular formula is C12H5BrN2S2. The second kappa shape index (κ2) is 5.46. The first-order valence-corrected chi connectivity index (χ1v) is 7.55. The van der Waals surface area contributed by atoms with E-state index in [2.05, 4.69) is 15.9 Å². The summed E-state index contributed by atoms with van der Waals surface area (Å²) < 4.78 is 1.03. The molecule has 0 saturated heterocycles. The molecule has 1 heterocycles. The van der Waals surface area contributed by atoms with Gasteiger partial charge in [-0.1, -0.05) is 49.7 Å². The first kappa shape index (κ1) is 12.3. The third-order valence-corrected chi connectivity index (χ3v) is 5.06. The van der Waals surface area contributed by atoms with Gasteiger partial charge in [-0.3, -0.25) is 0 Å². The van der Waals surface area contributed by atoms with Gasteiger partial charge in [0.25, 0.3) is 0 Å². The summed E-state index contributed by atoms with van der Waals surface area (Å²) >= 11 is 3.38. The molecular weight excluding hydrogens is 316 g/mol. The Bertz CT molecular complexity index is 572. The molecule has 0 bridgehead atoms. The van der Waals surface area contributed by atoms with Gasteiger partial charge in [0.05, 0.1) is 0 Å². The molecule has 17 heavy (non-hydrogen) atoms. The van der Waals surface area contributed by atoms with E-state index < -0.39 is 0 Å². The van der Waals surface area contributed by atoms with E-state index in [1.165, 1.54) is 10.8 Å². The van der Waals surface area contributed by atoms with Crippen molar-refractivity contribution < 1.29 is 0 Å². The van der Waals surface area contributed by atoms with Crippen molar-refractivity contribution in [3.8, 4) is 12.1 Å². The van der Waals surface area contributed by atoms with Gasteiger partial charge in [0.15, 0.2) is 0 Å². The Kier molecular flexibility index (Phi) is 3.96. The predicted octanol–water partition coefficient (Wildman–Crippen LogP) is 4.49. The zero-order valence-corrected chi connectivity index (χ0v) is 11.7. The monoisotopic (exact) mass is 320 g/mol. The topological polar surface area (TPSA) is 47.6 Å². The highest BCUT2D eigenvalue weighted by Gasteiger charge is 2.16. The average molecular weight is 321 g/mol. The molecule has 82 valence electrons. The zero-order valence-electron chi connectivity index (χ0n) is 8.48. The largest absolute Gasteiger partial charge is 0.192 e. The van der Waals surface area contributed by atoms with Crippen LogP contribution in [0.15, 0.2) is 45.3 Å². The molecule has 0 atom stereocenters. The maximum Gasteiger partial charge on any atom is 0.144 e. The summed E-state index contributed by atoms with van der Waals surface area (Å²) in [7, 11) is 3.02. The second-order valence-corrected chi connectivity index (χ2v) is 6.27. The van der Waals surface area contributed by atoms with Crippen LogP contribution in [0.5, 0.6) is 0 Å². The molecule has 1 aromatic carbocycles. The summed E-state index contributed by atoms with van der Waals surface area (Å²) in [5, 5.41) is 17.6. The van der Waals surface area contributed by atoms with Crippen LogP contribution < -0.4 is 0 Å². The van der Waals surface area contributed by atoms with Crippen LogP contribution in [-0.2, 0) is 0 Å². The van der Waals surface area contributed by atoms with Crippen molar-refractivity contribution >= 4 is 42.4 Å². The highest BCUT2D eigenvalue weighted by molar-refractivity contribution is 9.10. The number of benzene rings is 1. The van der Waals surface area contributed by atoms with Crippen molar-refractivity contribution in [2.45, 2.75) is 0 Å². The number of allylic oxidation sites excluding steroid dienone is 2. The van der Waals surface area contributed by atoms with E-state index in [0.29, 0.717) is 0 Å². The smallest absolute Gasteiger partial charge is 0.144 e. The van der Waals surface area contributed by atoms with Crippen molar-refractivity contribution in [2.24, 2.45) is 0 Å². The van der Waals surface area contributed by atoms with Crippen molar-refractivity contribution in [2.75, 3.05) is 0 Å². The fourth-order valence-electron chi connectivity index (χ4n) is 1.25. The fraction of sp³-hybridized carbons (Fsp3) is 0. The molecule has 0 aliphatic carbocycles. The number of nitrogens with zero attached hydrogens (tertiary/aromatic N) is 2. The van der Waals surface area contributed by atoms with Crippen LogP contribution in [0.25, 0.3) is 4.91 Å². The summed E-state index contributed by atoms with van der Waals surface area (Å²) in [5.41, 5.74) is 1.27. The molecule has 0 unspecified atom stereocenters. The molecule has 0 saturated carbocycles. The van der Waals surface area contributed by atoms with Gasteiger partial charge < -0.3 is 0 Å². The Morgan fingerprint density at radius 3 is 2.29 bits per heavy atom. The van der Waals surface area contributed by atoms with Crippen LogP contribution in [0.3, 0.4) is 0 Å². The third-order valence-electron chi connectivity index (χ3n) is 2.08. The zero-order chi connectivity index (χ0) is 12.3. The number of hydrogen-bond donors (Lipinski definition) is 0. The van der Waals surface area contributed by atoms with Crippen LogP contribution >= 0.6 is 37.5 Å². The van der Waals surface area contributed by atoms with Crippen LogP contribution in [0.4, 0.5) is 0 Å². The molecule has 2 rings (SSSR count). The first-order chi connectivity index (χ1) is 8.24. The maximum atomic E-state index is 8.79. The molecule has 0 aromatic heterocycles. The highest BCUT2D eigenvalue weighted by Crippen LogP contribution is 2.50. The minimum absolute atomic E-state index is 0.176. The molecule has 0 amide bonds. The summed E-state index contributed by atoms with van der Waals surface area (Å²) in [6.07, 6.45) is 1.89. The van der Waals surface area contributed by atoms with Gasteiger partial charge in [0.2, 0.25) is 0 Å². The number of hydrogen-bond acceptors (Lipinski definition) is 4. The van der Waals surface area contributed by atoms with Gasteiger partial charge in [-0.15, -0.1) is 0 Å². The Morgan fingerprint density at radius 1 is 1.06 bits per heavy atom. The molecule has 0 spiro atoms. The molecule has 0 fully saturated rings. The maximum absolute atomic E-state index is 8.79. The lowest BCUT2D eigenvalue weighted by Gasteiger charge is -1.99. The van der Waals surface area contributed by atoms with Crippen molar-refractivity contribution in [3.05, 3.63) is 50.9 Å². The predicted molar refractivity (Wildman–Crippen MR) is 75.6 cm³/mol. The van der Waals surface area contributed by atoms with Crippen molar-refractivity contribution in [3.63, 3.8) is 0 Å². The van der Waals surface area contributed by atoms with E-state index in [0.717, 1.165) is 19.8 Å². The van der Waals surface area contributed by atoms with E-state index in [1.807, 2.05) is 42.5 Å². The Morgan fingerprint density at radius 2 is 1.71 bits per heavy atom. The first-order valence-electron chi connectivity index (χ1n) is 4.61. The van der Waals surface area contributed by atoms with Crippen LogP contribution in [0, 0.1) is 22.7 Å². The number of rotatable bonds is 1. The van der Waals surface area contributed by atoms with Crippen LogP contribution in [-0.4, -0.2) is 0 Å². The summed E-state index contributed by atoms with van der Waals surface area (Å²) in [4.78, 5) is 1.80. The molecule has 1 aliphatic rings. The Balaban J connectivity index is 2.36. The third kappa shape index (κ3) is 2.76. The van der Waals surface area contributed by atoms with Gasteiger partial charge in [0.1, 0.15) is 17.7 Å². The average Bonchev–Trinajstić information content (AvgIpc) is 2.81. The SMILES string of the molecule is N#CC(C#N)=C1C=C(c2ccc(Br)cc2)SS1. The minimum atomic E-state index is 0.176. The van der Waals surface area contributed by atoms with E-state index in [9.17, 15) is 0 Å².